The highest BCUT2D eigenvalue weighted by Crippen LogP contribution is 2.24. The smallest absolute Gasteiger partial charge is 0.320 e. The second kappa shape index (κ2) is 8.08. The number of hydrogen-bond acceptors (Lipinski definition) is 5. The minimum Gasteiger partial charge on any atom is -0.378 e. The molecule has 2 aromatic rings. The first-order chi connectivity index (χ1) is 13.2. The standard InChI is InChI=1S/C20H26N4O3/c1-15-5-2-3-7-17(15)19-21-18(27-22-19)13-16-6-4-8-24(14-16)20(25)23-9-11-26-12-10-23/h2-3,5,7,16H,4,6,8-14H2,1H3. The van der Waals surface area contributed by atoms with E-state index >= 15 is 0 Å². The number of urea groups is 1. The first-order valence-corrected chi connectivity index (χ1v) is 9.71. The van der Waals surface area contributed by atoms with E-state index in [-0.39, 0.29) is 6.03 Å². The number of ether oxygens (including phenoxy) is 1. The summed E-state index contributed by atoms with van der Waals surface area (Å²) in [6.45, 7) is 6.25. The Labute approximate surface area is 159 Å². The Bertz CT molecular complexity index is 785. The molecule has 0 radical (unpaired) electrons. The van der Waals surface area contributed by atoms with Crippen molar-refractivity contribution >= 4 is 6.03 Å². The van der Waals surface area contributed by atoms with Crippen LogP contribution < -0.4 is 0 Å². The molecule has 0 bridgehead atoms. The summed E-state index contributed by atoms with van der Waals surface area (Å²) in [5.74, 6) is 1.65. The highest BCUT2D eigenvalue weighted by Gasteiger charge is 2.29. The molecule has 0 aliphatic carbocycles. The van der Waals surface area contributed by atoms with Crippen LogP contribution >= 0.6 is 0 Å². The molecule has 3 heterocycles. The lowest BCUT2D eigenvalue weighted by atomic mass is 9.95. The number of hydrogen-bond donors (Lipinski definition) is 0. The first-order valence-electron chi connectivity index (χ1n) is 9.71. The molecule has 2 aliphatic rings. The van der Waals surface area contributed by atoms with E-state index in [2.05, 4.69) is 10.1 Å². The number of aromatic nitrogens is 2. The molecule has 27 heavy (non-hydrogen) atoms. The molecule has 0 N–H and O–H groups in total. The first kappa shape index (κ1) is 18.0. The minimum atomic E-state index is 0.133. The van der Waals surface area contributed by atoms with Crippen LogP contribution in [0.1, 0.15) is 24.3 Å². The predicted molar refractivity (Wildman–Crippen MR) is 100 cm³/mol. The van der Waals surface area contributed by atoms with Gasteiger partial charge in [0.2, 0.25) is 11.7 Å². The molecule has 7 nitrogen and oxygen atoms in total. The van der Waals surface area contributed by atoms with Gasteiger partial charge in [-0.25, -0.2) is 4.79 Å². The van der Waals surface area contributed by atoms with Gasteiger partial charge >= 0.3 is 6.03 Å². The van der Waals surface area contributed by atoms with E-state index in [9.17, 15) is 4.79 Å². The van der Waals surface area contributed by atoms with Crippen LogP contribution in [0, 0.1) is 12.8 Å². The van der Waals surface area contributed by atoms with Crippen molar-refractivity contribution in [1.82, 2.24) is 19.9 Å². The molecule has 144 valence electrons. The summed E-state index contributed by atoms with van der Waals surface area (Å²) < 4.78 is 10.8. The minimum absolute atomic E-state index is 0.133. The van der Waals surface area contributed by atoms with E-state index in [1.807, 2.05) is 41.0 Å². The van der Waals surface area contributed by atoms with E-state index in [4.69, 9.17) is 9.26 Å². The zero-order valence-corrected chi connectivity index (χ0v) is 15.8. The molecule has 0 saturated carbocycles. The van der Waals surface area contributed by atoms with E-state index in [0.717, 1.165) is 37.1 Å². The fraction of sp³-hybridized carbons (Fsp3) is 0.550. The average Bonchev–Trinajstić information content (AvgIpc) is 3.17. The fourth-order valence-electron chi connectivity index (χ4n) is 3.88. The summed E-state index contributed by atoms with van der Waals surface area (Å²) in [6.07, 6.45) is 2.81. The van der Waals surface area contributed by atoms with Gasteiger partial charge in [-0.05, 0) is 31.2 Å². The third-order valence-corrected chi connectivity index (χ3v) is 5.39. The van der Waals surface area contributed by atoms with Crippen LogP contribution in [0.2, 0.25) is 0 Å². The van der Waals surface area contributed by atoms with Crippen LogP contribution in [0.15, 0.2) is 28.8 Å². The van der Waals surface area contributed by atoms with Crippen molar-refractivity contribution < 1.29 is 14.1 Å². The molecule has 0 spiro atoms. The third kappa shape index (κ3) is 4.13. The van der Waals surface area contributed by atoms with Crippen molar-refractivity contribution in [2.75, 3.05) is 39.4 Å². The van der Waals surface area contributed by atoms with Gasteiger partial charge in [-0.2, -0.15) is 4.98 Å². The summed E-state index contributed by atoms with van der Waals surface area (Å²) >= 11 is 0. The normalized spacial score (nSPS) is 20.7. The molecular weight excluding hydrogens is 344 g/mol. The van der Waals surface area contributed by atoms with Crippen LogP contribution in [-0.2, 0) is 11.2 Å². The van der Waals surface area contributed by atoms with Crippen molar-refractivity contribution in [1.29, 1.82) is 0 Å². The van der Waals surface area contributed by atoms with Crippen molar-refractivity contribution in [3.05, 3.63) is 35.7 Å². The number of morpholine rings is 1. The predicted octanol–water partition coefficient (Wildman–Crippen LogP) is 2.75. The molecule has 2 aliphatic heterocycles. The van der Waals surface area contributed by atoms with Crippen molar-refractivity contribution in [3.63, 3.8) is 0 Å². The van der Waals surface area contributed by atoms with Crippen LogP contribution in [0.25, 0.3) is 11.4 Å². The largest absolute Gasteiger partial charge is 0.378 e. The second-order valence-electron chi connectivity index (χ2n) is 7.37. The topological polar surface area (TPSA) is 71.7 Å². The SMILES string of the molecule is Cc1ccccc1-c1noc(CC2CCCN(C(=O)N3CCOCC3)C2)n1. The molecule has 4 rings (SSSR count). The fourth-order valence-corrected chi connectivity index (χ4v) is 3.88. The maximum Gasteiger partial charge on any atom is 0.320 e. The third-order valence-electron chi connectivity index (χ3n) is 5.39. The van der Waals surface area contributed by atoms with Gasteiger partial charge in [0.25, 0.3) is 0 Å². The summed E-state index contributed by atoms with van der Waals surface area (Å²) in [7, 11) is 0. The van der Waals surface area contributed by atoms with Gasteiger partial charge in [-0.15, -0.1) is 0 Å². The number of piperidine rings is 1. The number of amides is 2. The van der Waals surface area contributed by atoms with E-state index in [1.54, 1.807) is 0 Å². The number of rotatable bonds is 3. The summed E-state index contributed by atoms with van der Waals surface area (Å²) in [5.41, 5.74) is 2.13. The molecule has 1 aromatic heterocycles. The lowest BCUT2D eigenvalue weighted by Crippen LogP contribution is -2.51. The second-order valence-corrected chi connectivity index (χ2v) is 7.37. The molecule has 2 fully saturated rings. The monoisotopic (exact) mass is 370 g/mol. The molecule has 7 heteroatoms. The maximum atomic E-state index is 12.7. The van der Waals surface area contributed by atoms with E-state index in [1.165, 1.54) is 0 Å². The number of carbonyl (C=O) groups is 1. The lowest BCUT2D eigenvalue weighted by Gasteiger charge is -2.37. The Morgan fingerprint density at radius 1 is 1.19 bits per heavy atom. The van der Waals surface area contributed by atoms with Crippen molar-refractivity contribution in [2.45, 2.75) is 26.2 Å². The van der Waals surface area contributed by atoms with Gasteiger partial charge in [0.15, 0.2) is 0 Å². The molecular formula is C20H26N4O3. The molecule has 1 unspecified atom stereocenters. The zero-order valence-electron chi connectivity index (χ0n) is 15.8. The molecule has 2 saturated heterocycles. The van der Waals surface area contributed by atoms with Crippen molar-refractivity contribution in [3.8, 4) is 11.4 Å². The molecule has 1 aromatic carbocycles. The Balaban J connectivity index is 1.38. The summed E-state index contributed by atoms with van der Waals surface area (Å²) in [5, 5.41) is 4.15. The van der Waals surface area contributed by atoms with Gasteiger partial charge in [0.1, 0.15) is 0 Å². The Morgan fingerprint density at radius 2 is 2.00 bits per heavy atom. The van der Waals surface area contributed by atoms with Crippen molar-refractivity contribution in [2.24, 2.45) is 5.92 Å². The number of carbonyl (C=O) groups excluding carboxylic acids is 1. The van der Waals surface area contributed by atoms with Crippen LogP contribution in [0.3, 0.4) is 0 Å². The molecule has 2 amide bonds. The highest BCUT2D eigenvalue weighted by molar-refractivity contribution is 5.74. The Morgan fingerprint density at radius 3 is 2.81 bits per heavy atom. The van der Waals surface area contributed by atoms with Gasteiger partial charge < -0.3 is 19.1 Å². The van der Waals surface area contributed by atoms with Crippen LogP contribution in [0.4, 0.5) is 4.79 Å². The quantitative estimate of drug-likeness (QED) is 0.831. The van der Waals surface area contributed by atoms with Gasteiger partial charge in [-0.3, -0.25) is 0 Å². The van der Waals surface area contributed by atoms with Crippen LogP contribution in [0.5, 0.6) is 0 Å². The molecule has 1 atom stereocenters. The number of aryl methyl sites for hydroxylation is 1. The van der Waals surface area contributed by atoms with Gasteiger partial charge in [0.05, 0.1) is 13.2 Å². The van der Waals surface area contributed by atoms with Gasteiger partial charge in [-0.1, -0.05) is 29.4 Å². The number of benzene rings is 1. The van der Waals surface area contributed by atoms with E-state index in [0.29, 0.717) is 50.4 Å². The van der Waals surface area contributed by atoms with Gasteiger partial charge in [0, 0.05) is 38.2 Å². The van der Waals surface area contributed by atoms with Crippen LogP contribution in [-0.4, -0.2) is 65.4 Å². The average molecular weight is 370 g/mol. The Hall–Kier alpha value is -2.41. The lowest BCUT2D eigenvalue weighted by molar-refractivity contribution is 0.0389. The summed E-state index contributed by atoms with van der Waals surface area (Å²) in [6, 6.07) is 8.17. The number of nitrogens with zero attached hydrogens (tertiary/aromatic N) is 4. The summed E-state index contributed by atoms with van der Waals surface area (Å²) in [4.78, 5) is 21.2. The zero-order chi connectivity index (χ0) is 18.6. The maximum absolute atomic E-state index is 12.7. The van der Waals surface area contributed by atoms with E-state index < -0.39 is 0 Å². The highest BCUT2D eigenvalue weighted by atomic mass is 16.5. The Kier molecular flexibility index (Phi) is 5.38. The number of likely N-dealkylation sites (tertiary alicyclic amines) is 1.